The van der Waals surface area contributed by atoms with Crippen molar-refractivity contribution in [1.29, 1.82) is 0 Å². The van der Waals surface area contributed by atoms with Gasteiger partial charge < -0.3 is 5.73 Å². The van der Waals surface area contributed by atoms with Crippen molar-refractivity contribution < 1.29 is 13.2 Å². The molecule has 0 aliphatic rings. The Morgan fingerprint density at radius 3 is 2.63 bits per heavy atom. The van der Waals surface area contributed by atoms with E-state index in [-0.39, 0.29) is 23.8 Å². The van der Waals surface area contributed by atoms with E-state index >= 15 is 0 Å². The van der Waals surface area contributed by atoms with Gasteiger partial charge in [0.15, 0.2) is 0 Å². The summed E-state index contributed by atoms with van der Waals surface area (Å²) in [6.07, 6.45) is 1.43. The van der Waals surface area contributed by atoms with Crippen LogP contribution in [-0.4, -0.2) is 20.9 Å². The minimum absolute atomic E-state index is 0.216. The number of hydrogen-bond donors (Lipinski definition) is 2. The Morgan fingerprint density at radius 2 is 2.05 bits per heavy atom. The van der Waals surface area contributed by atoms with Gasteiger partial charge >= 0.3 is 0 Å². The first-order valence-corrected chi connectivity index (χ1v) is 8.14. The second kappa shape index (κ2) is 7.02. The van der Waals surface area contributed by atoms with E-state index in [1.165, 1.54) is 0 Å². The summed E-state index contributed by atoms with van der Waals surface area (Å²) in [5.74, 6) is -0.371. The molecule has 0 fully saturated rings. The number of rotatable bonds is 7. The Kier molecular flexibility index (Phi) is 5.96. The number of carbonyl (C=O) groups excluding carboxylic acids is 1. The highest BCUT2D eigenvalue weighted by Crippen LogP contribution is 2.22. The molecule has 7 heteroatoms. The van der Waals surface area contributed by atoms with E-state index in [0.717, 1.165) is 5.56 Å². The molecule has 1 aromatic carbocycles. The van der Waals surface area contributed by atoms with Crippen molar-refractivity contribution in [2.45, 2.75) is 31.1 Å². The summed E-state index contributed by atoms with van der Waals surface area (Å²) in [4.78, 5) is 10.8. The van der Waals surface area contributed by atoms with E-state index in [0.29, 0.717) is 17.3 Å². The summed E-state index contributed by atoms with van der Waals surface area (Å²) in [5, 5.41) is 0. The van der Waals surface area contributed by atoms with Crippen molar-refractivity contribution in [1.82, 2.24) is 4.72 Å². The van der Waals surface area contributed by atoms with Crippen LogP contribution in [0.25, 0.3) is 0 Å². The maximum Gasteiger partial charge on any atom is 0.241 e. The normalized spacial score (nSPS) is 11.5. The zero-order chi connectivity index (χ0) is 14.5. The predicted molar refractivity (Wildman–Crippen MR) is 77.1 cm³/mol. The van der Waals surface area contributed by atoms with Gasteiger partial charge in [-0.05, 0) is 53.4 Å². The summed E-state index contributed by atoms with van der Waals surface area (Å²) in [7, 11) is -3.52. The van der Waals surface area contributed by atoms with Gasteiger partial charge in [0, 0.05) is 17.4 Å². The number of sulfonamides is 1. The SMILES string of the molecule is Cc1ccc(S(=O)(=O)NCCCCC(N)=O)c(Br)c1. The molecule has 0 unspecified atom stereocenters. The molecule has 5 nitrogen and oxygen atoms in total. The molecule has 1 amide bonds. The standard InChI is InChI=1S/C12H17BrN2O3S/c1-9-5-6-11(10(13)8-9)19(17,18)15-7-3-2-4-12(14)16/h5-6,8,15H,2-4,7H2,1H3,(H2,14,16). The summed E-state index contributed by atoms with van der Waals surface area (Å²) in [6.45, 7) is 2.17. The highest BCUT2D eigenvalue weighted by molar-refractivity contribution is 9.10. The Hall–Kier alpha value is -0.920. The second-order valence-corrected chi connectivity index (χ2v) is 6.84. The predicted octanol–water partition coefficient (Wildman–Crippen LogP) is 1.69. The molecule has 0 aromatic heterocycles. The van der Waals surface area contributed by atoms with Crippen LogP contribution in [0.5, 0.6) is 0 Å². The van der Waals surface area contributed by atoms with Crippen molar-refractivity contribution in [3.8, 4) is 0 Å². The zero-order valence-corrected chi connectivity index (χ0v) is 13.1. The number of nitrogens with two attached hydrogens (primary N) is 1. The molecule has 0 saturated carbocycles. The van der Waals surface area contributed by atoms with Crippen LogP contribution in [0.3, 0.4) is 0 Å². The third kappa shape index (κ3) is 5.30. The number of benzene rings is 1. The van der Waals surface area contributed by atoms with Crippen LogP contribution in [-0.2, 0) is 14.8 Å². The first-order valence-electron chi connectivity index (χ1n) is 5.87. The van der Waals surface area contributed by atoms with E-state index in [1.54, 1.807) is 18.2 Å². The Morgan fingerprint density at radius 1 is 1.37 bits per heavy atom. The fourth-order valence-electron chi connectivity index (χ4n) is 1.53. The lowest BCUT2D eigenvalue weighted by Crippen LogP contribution is -2.25. The molecule has 0 bridgehead atoms. The van der Waals surface area contributed by atoms with Gasteiger partial charge in [0.05, 0.1) is 4.90 Å². The molecular weight excluding hydrogens is 332 g/mol. The van der Waals surface area contributed by atoms with Crippen LogP contribution in [0.1, 0.15) is 24.8 Å². The minimum atomic E-state index is -3.52. The molecule has 3 N–H and O–H groups in total. The van der Waals surface area contributed by atoms with Crippen LogP contribution in [0.15, 0.2) is 27.6 Å². The van der Waals surface area contributed by atoms with Gasteiger partial charge in [0.1, 0.15) is 0 Å². The van der Waals surface area contributed by atoms with Crippen molar-refractivity contribution in [2.75, 3.05) is 6.54 Å². The first kappa shape index (κ1) is 16.1. The van der Waals surface area contributed by atoms with Crippen LogP contribution >= 0.6 is 15.9 Å². The number of nitrogens with one attached hydrogen (secondary N) is 1. The molecule has 0 aliphatic heterocycles. The van der Waals surface area contributed by atoms with Gasteiger partial charge in [0.2, 0.25) is 15.9 Å². The van der Waals surface area contributed by atoms with Gasteiger partial charge in [-0.15, -0.1) is 0 Å². The fraction of sp³-hybridized carbons (Fsp3) is 0.417. The quantitative estimate of drug-likeness (QED) is 0.734. The number of hydrogen-bond acceptors (Lipinski definition) is 3. The van der Waals surface area contributed by atoms with Gasteiger partial charge in [-0.25, -0.2) is 13.1 Å². The van der Waals surface area contributed by atoms with Crippen molar-refractivity contribution >= 4 is 31.9 Å². The Bertz CT molecular complexity index is 558. The Labute approximate surface area is 121 Å². The van der Waals surface area contributed by atoms with Crippen molar-refractivity contribution in [2.24, 2.45) is 5.73 Å². The summed E-state index contributed by atoms with van der Waals surface area (Å²) in [6, 6.07) is 5.05. The summed E-state index contributed by atoms with van der Waals surface area (Å²) >= 11 is 3.24. The number of amides is 1. The third-order valence-electron chi connectivity index (χ3n) is 2.52. The van der Waals surface area contributed by atoms with Gasteiger partial charge in [-0.3, -0.25) is 4.79 Å². The van der Waals surface area contributed by atoms with E-state index < -0.39 is 10.0 Å². The molecule has 0 radical (unpaired) electrons. The van der Waals surface area contributed by atoms with Crippen LogP contribution < -0.4 is 10.5 Å². The maximum absolute atomic E-state index is 12.0. The van der Waals surface area contributed by atoms with Crippen molar-refractivity contribution in [3.63, 3.8) is 0 Å². The largest absolute Gasteiger partial charge is 0.370 e. The highest BCUT2D eigenvalue weighted by atomic mass is 79.9. The van der Waals surface area contributed by atoms with Gasteiger partial charge in [-0.1, -0.05) is 6.07 Å². The fourth-order valence-corrected chi connectivity index (χ4v) is 3.80. The maximum atomic E-state index is 12.0. The van der Waals surface area contributed by atoms with E-state index in [9.17, 15) is 13.2 Å². The lowest BCUT2D eigenvalue weighted by atomic mass is 10.2. The van der Waals surface area contributed by atoms with Crippen LogP contribution in [0.2, 0.25) is 0 Å². The molecule has 1 aromatic rings. The zero-order valence-electron chi connectivity index (χ0n) is 10.6. The molecule has 19 heavy (non-hydrogen) atoms. The lowest BCUT2D eigenvalue weighted by molar-refractivity contribution is -0.118. The molecular formula is C12H17BrN2O3S. The van der Waals surface area contributed by atoms with E-state index in [4.69, 9.17) is 5.73 Å². The van der Waals surface area contributed by atoms with Crippen LogP contribution in [0.4, 0.5) is 0 Å². The topological polar surface area (TPSA) is 89.3 Å². The molecule has 0 atom stereocenters. The highest BCUT2D eigenvalue weighted by Gasteiger charge is 2.16. The molecule has 106 valence electrons. The number of unbranched alkanes of at least 4 members (excludes halogenated alkanes) is 1. The van der Waals surface area contributed by atoms with Crippen molar-refractivity contribution in [3.05, 3.63) is 28.2 Å². The molecule has 0 spiro atoms. The smallest absolute Gasteiger partial charge is 0.241 e. The monoisotopic (exact) mass is 348 g/mol. The number of halogens is 1. The summed E-state index contributed by atoms with van der Waals surface area (Å²) < 4.78 is 27.1. The van der Waals surface area contributed by atoms with E-state index in [2.05, 4.69) is 20.7 Å². The van der Waals surface area contributed by atoms with E-state index in [1.807, 2.05) is 6.92 Å². The second-order valence-electron chi connectivity index (χ2n) is 4.26. The molecule has 0 heterocycles. The third-order valence-corrected chi connectivity index (χ3v) is 4.96. The summed E-state index contributed by atoms with van der Waals surface area (Å²) in [5.41, 5.74) is 5.98. The number of aryl methyl sites for hydroxylation is 1. The first-order chi connectivity index (χ1) is 8.83. The average Bonchev–Trinajstić information content (AvgIpc) is 2.27. The molecule has 1 rings (SSSR count). The average molecular weight is 349 g/mol. The number of primary amides is 1. The lowest BCUT2D eigenvalue weighted by Gasteiger charge is -2.08. The minimum Gasteiger partial charge on any atom is -0.370 e. The van der Waals surface area contributed by atoms with Gasteiger partial charge in [-0.2, -0.15) is 0 Å². The Balaban J connectivity index is 2.59. The number of carbonyl (C=O) groups is 1. The van der Waals surface area contributed by atoms with Crippen LogP contribution in [0, 0.1) is 6.92 Å². The molecule has 0 aliphatic carbocycles. The van der Waals surface area contributed by atoms with Gasteiger partial charge in [0.25, 0.3) is 0 Å². The molecule has 0 saturated heterocycles.